The van der Waals surface area contributed by atoms with Crippen molar-refractivity contribution in [1.82, 2.24) is 10.4 Å². The minimum Gasteiger partial charge on any atom is 2.00 e. The number of methoxy groups -OCH3 is 3. The molecule has 5 rings (SSSR count). The van der Waals surface area contributed by atoms with Crippen molar-refractivity contribution < 1.29 is 143 Å². The van der Waals surface area contributed by atoms with E-state index < -0.39 is 19.8 Å². The van der Waals surface area contributed by atoms with Gasteiger partial charge < -0.3 is 53.9 Å². The molecule has 2 N–H and O–H groups in total. The minimum atomic E-state index is -1.82. The van der Waals surface area contributed by atoms with Crippen molar-refractivity contribution in [3.63, 3.8) is 0 Å². The van der Waals surface area contributed by atoms with E-state index >= 15 is 0 Å². The maximum absolute atomic E-state index is 11.3. The van der Waals surface area contributed by atoms with E-state index in [1.165, 1.54) is 26.1 Å². The fourth-order valence-corrected chi connectivity index (χ4v) is 17.0. The number of para-hydroxylation sites is 1. The molecule has 23 heteroatoms. The zero-order valence-electron chi connectivity index (χ0n) is 54.0. The van der Waals surface area contributed by atoms with E-state index in [0.29, 0.717) is 165 Å². The number of hydrogen-bond donors (Lipinski definition) is 2. The summed E-state index contributed by atoms with van der Waals surface area (Å²) in [4.78, 5) is 22.4. The minimum absolute atomic E-state index is 0. The Kier molecular flexibility index (Phi) is 52.2. The number of amides is 2. The Morgan fingerprint density at radius 1 is 0.573 bits per heavy atom. The molecule has 0 aromatic heterocycles. The van der Waals surface area contributed by atoms with E-state index in [9.17, 15) is 9.59 Å². The molecule has 3 aliphatic heterocycles. The number of fused-ring (bicyclic) bond motifs is 2. The number of nitrogens with one attached hydrogen (secondary N) is 2. The Labute approximate surface area is 587 Å². The number of hydrazine groups is 1. The molecule has 3 heterocycles. The van der Waals surface area contributed by atoms with E-state index in [2.05, 4.69) is 135 Å². The van der Waals surface area contributed by atoms with Crippen LogP contribution in [0.3, 0.4) is 0 Å². The normalized spacial score (nSPS) is 17.7. The average molecular weight is 1810 g/mol. The van der Waals surface area contributed by atoms with Gasteiger partial charge in [-0.25, -0.2) is 5.01 Å². The number of allylic oxidation sites excluding steroid dienone is 6. The summed E-state index contributed by atoms with van der Waals surface area (Å²) >= 11 is -1.82. The third-order valence-corrected chi connectivity index (χ3v) is 21.1. The maximum Gasteiger partial charge on any atom is 2.00 e. The van der Waals surface area contributed by atoms with Crippen molar-refractivity contribution in [1.29, 1.82) is 5.41 Å². The number of alkyl halides is 1. The van der Waals surface area contributed by atoms with E-state index in [1.54, 1.807) is 24.9 Å². The van der Waals surface area contributed by atoms with Crippen molar-refractivity contribution >= 4 is 48.9 Å². The fourth-order valence-electron chi connectivity index (χ4n) is 9.37. The van der Waals surface area contributed by atoms with Crippen molar-refractivity contribution in [2.45, 2.75) is 63.2 Å². The van der Waals surface area contributed by atoms with Crippen LogP contribution in [0.2, 0.25) is 0 Å². The van der Waals surface area contributed by atoms with Crippen LogP contribution in [0.5, 0.6) is 0 Å². The number of carbonyl (C=O) groups is 2. The number of benzene rings is 2. The van der Waals surface area contributed by atoms with Crippen LogP contribution in [0.1, 0.15) is 63.5 Å². The molecule has 0 spiro atoms. The SMILES string of the molecule is [CH2-]COC.[CH2-]COCCC(=O)NN1C(=N)CCC1=O.[CH2-]COCCOCCCI1/C(=C/C=C/C=C/C2=[N+](CCOCCOC[CH2-])c3ccccc3C2(C)CCOCCOCCOCCOC)C(C)(CCOCCOCCOCCOC)c2ccccc21.[U+2].[U+2]. The Balaban J connectivity index is 0.00000161. The summed E-state index contributed by atoms with van der Waals surface area (Å²) in [5.41, 5.74) is 7.06. The third kappa shape index (κ3) is 33.0. The van der Waals surface area contributed by atoms with Gasteiger partial charge in [0.15, 0.2) is 0 Å². The molecule has 2 atom stereocenters. The Morgan fingerprint density at radius 3 is 1.57 bits per heavy atom. The van der Waals surface area contributed by atoms with Crippen molar-refractivity contribution in [2.24, 2.45) is 0 Å². The molecule has 2 amide bonds. The molecule has 3 aliphatic rings. The molecular formula is C66H104IN4O16U2+. The van der Waals surface area contributed by atoms with Crippen molar-refractivity contribution in [3.8, 4) is 0 Å². The second-order valence-corrected chi connectivity index (χ2v) is 25.5. The molecule has 2 aromatic carbocycles. The Bertz CT molecular complexity index is 2300. The molecule has 1 saturated heterocycles. The summed E-state index contributed by atoms with van der Waals surface area (Å²) < 4.78 is 83.8. The van der Waals surface area contributed by atoms with Gasteiger partial charge in [-0.1, -0.05) is 19.8 Å². The predicted molar refractivity (Wildman–Crippen MR) is 348 cm³/mol. The number of halogens is 1. The summed E-state index contributed by atoms with van der Waals surface area (Å²) in [6.45, 7) is 33.1. The number of ether oxygens (including phenoxy) is 14. The number of carbonyl (C=O) groups excluding carboxylic acids is 2. The zero-order chi connectivity index (χ0) is 63.1. The number of amidine groups is 1. The molecule has 89 heavy (non-hydrogen) atoms. The van der Waals surface area contributed by atoms with Crippen LogP contribution >= 0.6 is 19.8 Å². The van der Waals surface area contributed by atoms with Gasteiger partial charge in [0, 0.05) is 34.2 Å². The first-order valence-corrected chi connectivity index (χ1v) is 33.9. The van der Waals surface area contributed by atoms with Crippen LogP contribution in [0.4, 0.5) is 5.69 Å². The molecule has 0 radical (unpaired) electrons. The van der Waals surface area contributed by atoms with E-state index in [1.807, 2.05) is 0 Å². The van der Waals surface area contributed by atoms with E-state index in [-0.39, 0.29) is 110 Å². The van der Waals surface area contributed by atoms with Gasteiger partial charge in [-0.05, 0) is 0 Å². The van der Waals surface area contributed by atoms with Gasteiger partial charge in [-0.15, -0.1) is 0 Å². The van der Waals surface area contributed by atoms with Gasteiger partial charge >= 0.3 is 383 Å². The topological polar surface area (TPSA) is 205 Å². The van der Waals surface area contributed by atoms with E-state index in [0.717, 1.165) is 35.3 Å². The number of rotatable bonds is 48. The van der Waals surface area contributed by atoms with Gasteiger partial charge in [-0.3, -0.25) is 20.4 Å². The molecule has 498 valence electrons. The smallest absolute Gasteiger partial charge is 2.00 e. The largest absolute Gasteiger partial charge is 2.00 e. The van der Waals surface area contributed by atoms with E-state index in [4.69, 9.17) is 67.0 Å². The quantitative estimate of drug-likeness (QED) is 0.0160. The van der Waals surface area contributed by atoms with Crippen LogP contribution in [0.25, 0.3) is 0 Å². The Hall–Kier alpha value is -1.79. The zero-order valence-corrected chi connectivity index (χ0v) is 64.5. The van der Waals surface area contributed by atoms with Gasteiger partial charge in [-0.2, -0.15) is 0 Å². The summed E-state index contributed by atoms with van der Waals surface area (Å²) in [5, 5.41) is 8.38. The fraction of sp³-hybridized carbons (Fsp3) is 0.606. The standard InChI is InChI=1S/C54H83INO12.C9H14N3O3.C3H7O.2U/c1-7-59-35-37-61-27-16-25-55-49-19-14-12-17-47(49)53(3,23-28-62-39-41-67-45-43-65-33-31-57-5)51(55)21-10-9-11-22-52-54(4,24-29-63-40-42-68-46-44-66-34-32-58-6)48-18-13-15-20-50(48)56(52)26-30-64-38-36-60-8-2;1-2-15-6-5-8(13)11-12-7(10)3-4-9(12)14;1-3-4-2;;/h9-15,17-22H,1-2,7-8,16,23-46H2,3-6H3;10H,1-6H2,(H,11,13);1,3H2,2H3;;/q3*-1;2*+2/b10-9+,22-11+,51-21+;;;;. The van der Waals surface area contributed by atoms with Crippen LogP contribution < -0.4 is 5.43 Å². The first-order valence-electron chi connectivity index (χ1n) is 30.3. The molecule has 20 nitrogen and oxygen atoms in total. The molecule has 0 aliphatic carbocycles. The second kappa shape index (κ2) is 54.5. The maximum atomic E-state index is 11.3. The molecule has 2 unspecified atom stereocenters. The molecule has 2 aromatic rings. The summed E-state index contributed by atoms with van der Waals surface area (Å²) in [6.07, 6.45) is 14.9. The average Bonchev–Trinajstić information content (AvgIpc) is 1.74. The number of hydrogen-bond acceptors (Lipinski definition) is 17. The van der Waals surface area contributed by atoms with Gasteiger partial charge in [0.25, 0.3) is 0 Å². The monoisotopic (exact) mass is 1810 g/mol. The van der Waals surface area contributed by atoms with Crippen molar-refractivity contribution in [3.05, 3.63) is 125 Å². The summed E-state index contributed by atoms with van der Waals surface area (Å²) in [6, 6.07) is 17.8. The van der Waals surface area contributed by atoms with Crippen LogP contribution in [-0.4, -0.2) is 230 Å². The Morgan fingerprint density at radius 2 is 1.04 bits per heavy atom. The van der Waals surface area contributed by atoms with Crippen LogP contribution in [-0.2, 0) is 86.7 Å². The first-order chi connectivity index (χ1) is 42.5. The summed E-state index contributed by atoms with van der Waals surface area (Å²) in [7, 11) is 4.96. The van der Waals surface area contributed by atoms with Gasteiger partial charge in [0.05, 0.1) is 59.3 Å². The van der Waals surface area contributed by atoms with Crippen LogP contribution in [0.15, 0.2) is 82.5 Å². The van der Waals surface area contributed by atoms with Crippen LogP contribution in [0, 0.1) is 98.9 Å². The first kappa shape index (κ1) is 85.2. The third-order valence-electron chi connectivity index (χ3n) is 14.0. The van der Waals surface area contributed by atoms with Gasteiger partial charge in [0.1, 0.15) is 5.84 Å². The molecule has 0 saturated carbocycles. The molecular weight excluding hydrogens is 1710 g/mol. The molecule has 0 bridgehead atoms. The summed E-state index contributed by atoms with van der Waals surface area (Å²) in [5.74, 6) is -0.443. The predicted octanol–water partition coefficient (Wildman–Crippen LogP) is 8.31. The number of nitrogens with zero attached hydrogens (tertiary/aromatic N) is 2. The van der Waals surface area contributed by atoms with Crippen molar-refractivity contribution in [2.75, 3.05) is 197 Å². The second-order valence-electron chi connectivity index (χ2n) is 20.0. The molecule has 1 fully saturated rings. The van der Waals surface area contributed by atoms with Gasteiger partial charge in [0.2, 0.25) is 11.8 Å².